The Balaban J connectivity index is 2.60. The summed E-state index contributed by atoms with van der Waals surface area (Å²) in [5.41, 5.74) is 6.16. The highest BCUT2D eigenvalue weighted by Crippen LogP contribution is 2.34. The first-order valence-electron chi connectivity index (χ1n) is 7.15. The molecule has 0 bridgehead atoms. The zero-order valence-corrected chi connectivity index (χ0v) is 12.6. The van der Waals surface area contributed by atoms with Crippen molar-refractivity contribution >= 4 is 0 Å². The largest absolute Gasteiger partial charge is 0.379 e. The lowest BCUT2D eigenvalue weighted by Gasteiger charge is -2.49. The molecular weight excluding hydrogens is 226 g/mol. The predicted molar refractivity (Wildman–Crippen MR) is 76.9 cm³/mol. The van der Waals surface area contributed by atoms with Crippen LogP contribution in [-0.4, -0.2) is 69.3 Å². The number of nitrogens with zero attached hydrogens (tertiary/aromatic N) is 2. The van der Waals surface area contributed by atoms with Gasteiger partial charge in [0.25, 0.3) is 0 Å². The lowest BCUT2D eigenvalue weighted by Crippen LogP contribution is -2.62. The summed E-state index contributed by atoms with van der Waals surface area (Å²) in [4.78, 5) is 4.68. The second-order valence-electron chi connectivity index (χ2n) is 5.86. The Hall–Kier alpha value is -0.160. The Morgan fingerprint density at radius 1 is 1.22 bits per heavy atom. The third kappa shape index (κ3) is 3.67. The molecule has 108 valence electrons. The summed E-state index contributed by atoms with van der Waals surface area (Å²) in [6, 6.07) is 0. The van der Waals surface area contributed by atoms with Crippen molar-refractivity contribution in [2.24, 2.45) is 5.73 Å². The molecule has 18 heavy (non-hydrogen) atoms. The molecule has 0 aromatic heterocycles. The molecule has 1 fully saturated rings. The minimum absolute atomic E-state index is 0.0549. The van der Waals surface area contributed by atoms with E-state index in [4.69, 9.17) is 10.5 Å². The second-order valence-corrected chi connectivity index (χ2v) is 5.86. The van der Waals surface area contributed by atoms with Crippen LogP contribution in [0.5, 0.6) is 0 Å². The van der Waals surface area contributed by atoms with Gasteiger partial charge < -0.3 is 15.4 Å². The molecule has 0 radical (unpaired) electrons. The number of ether oxygens (including phenoxy) is 1. The number of rotatable bonds is 7. The van der Waals surface area contributed by atoms with Crippen LogP contribution in [-0.2, 0) is 4.74 Å². The van der Waals surface area contributed by atoms with Crippen LogP contribution in [0, 0.1) is 0 Å². The minimum Gasteiger partial charge on any atom is -0.379 e. The Morgan fingerprint density at radius 2 is 1.94 bits per heavy atom. The third-order valence-corrected chi connectivity index (χ3v) is 4.42. The van der Waals surface area contributed by atoms with Gasteiger partial charge in [-0.2, -0.15) is 0 Å². The Morgan fingerprint density at radius 3 is 2.50 bits per heavy atom. The van der Waals surface area contributed by atoms with Gasteiger partial charge in [0.05, 0.1) is 11.6 Å². The van der Waals surface area contributed by atoms with Gasteiger partial charge in [-0.15, -0.1) is 0 Å². The van der Waals surface area contributed by atoms with E-state index >= 15 is 0 Å². The van der Waals surface area contributed by atoms with Gasteiger partial charge in [0.2, 0.25) is 0 Å². The normalized spacial score (nSPS) is 29.2. The summed E-state index contributed by atoms with van der Waals surface area (Å²) in [6.07, 6.45) is 6.33. The van der Waals surface area contributed by atoms with Crippen LogP contribution in [0.15, 0.2) is 0 Å². The van der Waals surface area contributed by atoms with E-state index in [0.717, 1.165) is 19.5 Å². The molecule has 4 nitrogen and oxygen atoms in total. The number of likely N-dealkylation sites (N-methyl/N-ethyl adjacent to an activating group) is 1. The van der Waals surface area contributed by atoms with Crippen LogP contribution >= 0.6 is 0 Å². The van der Waals surface area contributed by atoms with E-state index in [-0.39, 0.29) is 5.54 Å². The lowest BCUT2D eigenvalue weighted by atomic mass is 9.77. The fraction of sp³-hybridized carbons (Fsp3) is 1.00. The predicted octanol–water partition coefficient (Wildman–Crippen LogP) is 1.16. The molecular formula is C14H31N3O. The van der Waals surface area contributed by atoms with E-state index in [2.05, 4.69) is 30.9 Å². The van der Waals surface area contributed by atoms with Gasteiger partial charge in [-0.1, -0.05) is 12.8 Å². The molecule has 1 saturated carbocycles. The maximum Gasteiger partial charge on any atom is 0.0767 e. The first-order valence-corrected chi connectivity index (χ1v) is 7.15. The molecule has 0 heterocycles. The van der Waals surface area contributed by atoms with Gasteiger partial charge >= 0.3 is 0 Å². The maximum atomic E-state index is 6.10. The van der Waals surface area contributed by atoms with E-state index in [1.54, 1.807) is 0 Å². The van der Waals surface area contributed by atoms with Crippen LogP contribution in [0.4, 0.5) is 0 Å². The van der Waals surface area contributed by atoms with Crippen LogP contribution in [0.25, 0.3) is 0 Å². The first-order chi connectivity index (χ1) is 8.56. The fourth-order valence-corrected chi connectivity index (χ4v) is 3.20. The average molecular weight is 257 g/mol. The summed E-state index contributed by atoms with van der Waals surface area (Å²) in [5, 5.41) is 0. The molecule has 4 heteroatoms. The van der Waals surface area contributed by atoms with Crippen LogP contribution in [0.2, 0.25) is 0 Å². The van der Waals surface area contributed by atoms with Gasteiger partial charge in [0.15, 0.2) is 0 Å². The second kappa shape index (κ2) is 7.43. The number of hydrogen-bond acceptors (Lipinski definition) is 4. The molecule has 2 atom stereocenters. The molecule has 0 amide bonds. The molecule has 0 aromatic carbocycles. The highest BCUT2D eigenvalue weighted by atomic mass is 16.5. The van der Waals surface area contributed by atoms with Crippen molar-refractivity contribution in [3.63, 3.8) is 0 Å². The molecule has 1 aliphatic carbocycles. The molecule has 2 unspecified atom stereocenters. The van der Waals surface area contributed by atoms with Crippen LogP contribution in [0.1, 0.15) is 32.1 Å². The molecule has 0 aromatic rings. The molecule has 0 saturated heterocycles. The highest BCUT2D eigenvalue weighted by molar-refractivity contribution is 5.00. The van der Waals surface area contributed by atoms with E-state index in [1.165, 1.54) is 25.7 Å². The van der Waals surface area contributed by atoms with Crippen molar-refractivity contribution in [1.82, 2.24) is 9.80 Å². The van der Waals surface area contributed by atoms with Crippen LogP contribution in [0.3, 0.4) is 0 Å². The highest BCUT2D eigenvalue weighted by Gasteiger charge is 2.42. The summed E-state index contributed by atoms with van der Waals surface area (Å²) in [7, 11) is 8.28. The fourth-order valence-electron chi connectivity index (χ4n) is 3.20. The van der Waals surface area contributed by atoms with Gasteiger partial charge in [-0.3, -0.25) is 4.90 Å². The number of nitrogens with two attached hydrogens (primary N) is 1. The average Bonchev–Trinajstić information content (AvgIpc) is 2.37. The number of methoxy groups -OCH3 is 1. The Kier molecular flexibility index (Phi) is 6.57. The summed E-state index contributed by atoms with van der Waals surface area (Å²) >= 11 is 0. The third-order valence-electron chi connectivity index (χ3n) is 4.42. The molecule has 1 rings (SSSR count). The maximum absolute atomic E-state index is 6.10. The van der Waals surface area contributed by atoms with E-state index in [9.17, 15) is 0 Å². The van der Waals surface area contributed by atoms with E-state index in [0.29, 0.717) is 12.6 Å². The topological polar surface area (TPSA) is 41.7 Å². The lowest BCUT2D eigenvalue weighted by molar-refractivity contribution is -0.0661. The monoisotopic (exact) mass is 257 g/mol. The quantitative estimate of drug-likeness (QED) is 0.743. The zero-order chi connectivity index (χ0) is 13.6. The Bertz CT molecular complexity index is 235. The molecule has 1 aliphatic rings. The van der Waals surface area contributed by atoms with Gasteiger partial charge in [-0.05, 0) is 53.5 Å². The van der Waals surface area contributed by atoms with Gasteiger partial charge in [-0.25, -0.2) is 0 Å². The van der Waals surface area contributed by atoms with E-state index in [1.807, 2.05) is 7.11 Å². The molecule has 2 N–H and O–H groups in total. The minimum atomic E-state index is 0.0549. The van der Waals surface area contributed by atoms with Crippen molar-refractivity contribution in [3.8, 4) is 0 Å². The van der Waals surface area contributed by atoms with Crippen molar-refractivity contribution in [2.75, 3.05) is 47.9 Å². The summed E-state index contributed by atoms with van der Waals surface area (Å²) < 4.78 is 5.71. The molecule has 0 aliphatic heterocycles. The Labute approximate surface area is 112 Å². The smallest absolute Gasteiger partial charge is 0.0767 e. The number of hydrogen-bond donors (Lipinski definition) is 1. The van der Waals surface area contributed by atoms with Gasteiger partial charge in [0.1, 0.15) is 0 Å². The summed E-state index contributed by atoms with van der Waals surface area (Å²) in [5.74, 6) is 0. The molecule has 0 spiro atoms. The van der Waals surface area contributed by atoms with Crippen molar-refractivity contribution in [1.29, 1.82) is 0 Å². The zero-order valence-electron chi connectivity index (χ0n) is 12.6. The standard InChI is InChI=1S/C14H31N3O/c1-16(2)10-7-11-17(3)14(12-15)9-6-5-8-13(14)18-4/h13H,5-12,15H2,1-4H3. The summed E-state index contributed by atoms with van der Waals surface area (Å²) in [6.45, 7) is 2.92. The van der Waals surface area contributed by atoms with Gasteiger partial charge in [0, 0.05) is 13.7 Å². The van der Waals surface area contributed by atoms with Crippen molar-refractivity contribution in [2.45, 2.75) is 43.7 Å². The van der Waals surface area contributed by atoms with Crippen molar-refractivity contribution < 1.29 is 4.74 Å². The SMILES string of the molecule is COC1CCCCC1(CN)N(C)CCCN(C)C. The van der Waals surface area contributed by atoms with E-state index < -0.39 is 0 Å². The van der Waals surface area contributed by atoms with Crippen LogP contribution < -0.4 is 5.73 Å². The first kappa shape index (κ1) is 15.9. The van der Waals surface area contributed by atoms with Crippen molar-refractivity contribution in [3.05, 3.63) is 0 Å².